The van der Waals surface area contributed by atoms with Gasteiger partial charge in [-0.15, -0.1) is 0 Å². The maximum Gasteiger partial charge on any atom is 0.328 e. The van der Waals surface area contributed by atoms with Gasteiger partial charge in [-0.25, -0.2) is 4.79 Å². The highest BCUT2D eigenvalue weighted by molar-refractivity contribution is 6.01. The molecule has 7 rings (SSSR count). The monoisotopic (exact) mass is 720 g/mol. The Morgan fingerprint density at radius 3 is 2.54 bits per heavy atom. The molecule has 1 unspecified atom stereocenters. The van der Waals surface area contributed by atoms with Gasteiger partial charge in [0.25, 0.3) is 11.8 Å². The van der Waals surface area contributed by atoms with Crippen molar-refractivity contribution in [2.75, 3.05) is 6.54 Å². The van der Waals surface area contributed by atoms with E-state index in [0.29, 0.717) is 17.7 Å². The quantitative estimate of drug-likeness (QED) is 0.156. The van der Waals surface area contributed by atoms with Crippen LogP contribution in [0.5, 0.6) is 5.75 Å². The van der Waals surface area contributed by atoms with Crippen molar-refractivity contribution >= 4 is 39.5 Å². The molecule has 0 saturated carbocycles. The first-order valence-corrected chi connectivity index (χ1v) is 17.8. The van der Waals surface area contributed by atoms with Crippen LogP contribution in [0.25, 0.3) is 44.2 Å². The van der Waals surface area contributed by atoms with Gasteiger partial charge in [0.15, 0.2) is 6.10 Å². The topological polar surface area (TPSA) is 137 Å². The number of rotatable bonds is 7. The maximum atomic E-state index is 12.9. The maximum absolute atomic E-state index is 12.9. The van der Waals surface area contributed by atoms with Gasteiger partial charge in [0, 0.05) is 55.8 Å². The molecule has 11 nitrogen and oxygen atoms in total. The standard InChI is InChI=1S/C43H40N6O5/c1-24(2)33-19-30(21-37-40(33)49(6)43(53)48(37)5)32-11-7-9-28-20-36(46-23-34(28)32)29-12-13-35(45-22-29)41(51)44-16-8-10-27-18-31(17-25(3)26(27)4)54-38-14-15-39(50)47-42(38)52/h7,9,11-13,17-24,38H,14-16H2,1-6H3,(H,44,51)(H,47,50,52). The largest absolute Gasteiger partial charge is 0.481 e. The summed E-state index contributed by atoms with van der Waals surface area (Å²) in [5.41, 5.74) is 9.31. The van der Waals surface area contributed by atoms with Crippen LogP contribution in [0.4, 0.5) is 0 Å². The van der Waals surface area contributed by atoms with E-state index < -0.39 is 12.0 Å². The Bertz CT molecular complexity index is 2620. The van der Waals surface area contributed by atoms with Crippen molar-refractivity contribution in [3.05, 3.63) is 111 Å². The number of piperidine rings is 1. The van der Waals surface area contributed by atoms with E-state index in [0.717, 1.165) is 60.9 Å². The first-order valence-electron chi connectivity index (χ1n) is 17.8. The first kappa shape index (κ1) is 35.8. The van der Waals surface area contributed by atoms with Crippen LogP contribution in [-0.2, 0) is 23.7 Å². The minimum absolute atomic E-state index is 0.0526. The molecule has 3 aromatic carbocycles. The molecule has 3 aromatic heterocycles. The summed E-state index contributed by atoms with van der Waals surface area (Å²) < 4.78 is 9.30. The average Bonchev–Trinajstić information content (AvgIpc) is 3.38. The minimum atomic E-state index is -0.743. The molecule has 11 heteroatoms. The number of fused-ring (bicyclic) bond motifs is 2. The SMILES string of the molecule is Cc1cc(OC2CCC(=O)NC2=O)cc(C#CCNC(=O)c2ccc(-c3cc4cccc(-c5cc(C(C)C)c6c(c5)n(C)c(=O)n6C)c4cn3)cn2)c1C. The second-order valence-electron chi connectivity index (χ2n) is 14.0. The molecule has 1 aliphatic heterocycles. The number of hydrogen-bond donors (Lipinski definition) is 2. The lowest BCUT2D eigenvalue weighted by molar-refractivity contribution is -0.138. The molecule has 0 spiro atoms. The fourth-order valence-corrected chi connectivity index (χ4v) is 6.87. The number of imide groups is 1. The van der Waals surface area contributed by atoms with Crippen molar-refractivity contribution in [1.29, 1.82) is 0 Å². The summed E-state index contributed by atoms with van der Waals surface area (Å²) in [6.45, 7) is 8.25. The number of carbonyl (C=O) groups excluding carboxylic acids is 3. The van der Waals surface area contributed by atoms with Crippen LogP contribution >= 0.6 is 0 Å². The highest BCUT2D eigenvalue weighted by Gasteiger charge is 2.28. The normalized spacial score (nSPS) is 14.2. The van der Waals surface area contributed by atoms with Crippen LogP contribution < -0.4 is 21.1 Å². The van der Waals surface area contributed by atoms with Crippen molar-refractivity contribution in [3.8, 4) is 40.0 Å². The van der Waals surface area contributed by atoms with Gasteiger partial charge in [-0.2, -0.15) is 0 Å². The number of nitrogens with one attached hydrogen (secondary N) is 2. The molecule has 1 atom stereocenters. The number of benzene rings is 3. The Kier molecular flexibility index (Phi) is 9.60. The summed E-state index contributed by atoms with van der Waals surface area (Å²) in [4.78, 5) is 58.6. The predicted octanol–water partition coefficient (Wildman–Crippen LogP) is 5.86. The number of aromatic nitrogens is 4. The third-order valence-electron chi connectivity index (χ3n) is 10.0. The van der Waals surface area contributed by atoms with Gasteiger partial charge in [-0.3, -0.25) is 38.8 Å². The molecule has 3 amide bonds. The van der Waals surface area contributed by atoms with Crippen molar-refractivity contribution in [2.45, 2.75) is 52.6 Å². The molecule has 1 aliphatic rings. The van der Waals surface area contributed by atoms with E-state index in [-0.39, 0.29) is 42.1 Å². The molecule has 54 heavy (non-hydrogen) atoms. The van der Waals surface area contributed by atoms with Crippen molar-refractivity contribution in [1.82, 2.24) is 29.7 Å². The third-order valence-corrected chi connectivity index (χ3v) is 10.0. The zero-order valence-electron chi connectivity index (χ0n) is 31.0. The van der Waals surface area contributed by atoms with E-state index in [9.17, 15) is 19.2 Å². The highest BCUT2D eigenvalue weighted by Crippen LogP contribution is 2.35. The molecule has 0 bridgehead atoms. The minimum Gasteiger partial charge on any atom is -0.481 e. The Hall–Kier alpha value is -6.54. The second kappa shape index (κ2) is 14.5. The van der Waals surface area contributed by atoms with Crippen LogP contribution in [0.3, 0.4) is 0 Å². The number of pyridine rings is 2. The lowest BCUT2D eigenvalue weighted by atomic mass is 9.93. The molecule has 1 fully saturated rings. The summed E-state index contributed by atoms with van der Waals surface area (Å²) in [6, 6.07) is 19.5. The van der Waals surface area contributed by atoms with E-state index in [4.69, 9.17) is 9.72 Å². The summed E-state index contributed by atoms with van der Waals surface area (Å²) in [6.07, 6.45) is 3.30. The number of ether oxygens (including phenoxy) is 1. The third kappa shape index (κ3) is 6.86. The van der Waals surface area contributed by atoms with Crippen LogP contribution in [-0.4, -0.2) is 49.5 Å². The molecule has 272 valence electrons. The number of nitrogens with zero attached hydrogens (tertiary/aromatic N) is 4. The zero-order valence-corrected chi connectivity index (χ0v) is 31.0. The molecule has 6 aromatic rings. The molecule has 1 saturated heterocycles. The highest BCUT2D eigenvalue weighted by atomic mass is 16.5. The summed E-state index contributed by atoms with van der Waals surface area (Å²) in [5.74, 6) is 5.70. The summed E-state index contributed by atoms with van der Waals surface area (Å²) >= 11 is 0. The number of aryl methyl sites for hydroxylation is 3. The van der Waals surface area contributed by atoms with Crippen LogP contribution in [0.1, 0.15) is 65.3 Å². The van der Waals surface area contributed by atoms with Gasteiger partial charge >= 0.3 is 5.69 Å². The summed E-state index contributed by atoms with van der Waals surface area (Å²) in [7, 11) is 3.62. The smallest absolute Gasteiger partial charge is 0.328 e. The summed E-state index contributed by atoms with van der Waals surface area (Å²) in [5, 5.41) is 7.10. The second-order valence-corrected chi connectivity index (χ2v) is 14.0. The van der Waals surface area contributed by atoms with Gasteiger partial charge in [0.2, 0.25) is 5.91 Å². The van der Waals surface area contributed by atoms with E-state index in [1.807, 2.05) is 57.4 Å². The zero-order chi connectivity index (χ0) is 38.3. The Morgan fingerprint density at radius 1 is 0.981 bits per heavy atom. The van der Waals surface area contributed by atoms with Gasteiger partial charge in [-0.05, 0) is 95.4 Å². The molecule has 4 heterocycles. The number of carbonyl (C=O) groups is 3. The van der Waals surface area contributed by atoms with E-state index >= 15 is 0 Å². The van der Waals surface area contributed by atoms with Gasteiger partial charge in [-0.1, -0.05) is 43.9 Å². The molecule has 2 N–H and O–H groups in total. The Balaban J connectivity index is 1.05. The van der Waals surface area contributed by atoms with E-state index in [2.05, 4.69) is 59.5 Å². The Labute approximate surface area is 312 Å². The van der Waals surface area contributed by atoms with Crippen LogP contribution in [0.15, 0.2) is 77.9 Å². The van der Waals surface area contributed by atoms with Gasteiger partial charge < -0.3 is 10.1 Å². The fraction of sp³-hybridized carbons (Fsp3) is 0.256. The van der Waals surface area contributed by atoms with Gasteiger partial charge in [0.1, 0.15) is 11.4 Å². The van der Waals surface area contributed by atoms with Crippen molar-refractivity contribution in [2.24, 2.45) is 14.1 Å². The average molecular weight is 721 g/mol. The predicted molar refractivity (Wildman–Crippen MR) is 208 cm³/mol. The molecule has 0 radical (unpaired) electrons. The Morgan fingerprint density at radius 2 is 1.80 bits per heavy atom. The number of amides is 3. The van der Waals surface area contributed by atoms with Crippen molar-refractivity contribution in [3.63, 3.8) is 0 Å². The van der Waals surface area contributed by atoms with E-state index in [1.165, 1.54) is 0 Å². The lowest BCUT2D eigenvalue weighted by Gasteiger charge is -2.22. The molecular weight excluding hydrogens is 681 g/mol. The molecule has 0 aliphatic carbocycles. The van der Waals surface area contributed by atoms with E-state index in [1.54, 1.807) is 34.5 Å². The van der Waals surface area contributed by atoms with Crippen LogP contribution in [0, 0.1) is 25.7 Å². The first-order chi connectivity index (χ1) is 25.9. The molecular formula is C43H40N6O5. The fourth-order valence-electron chi connectivity index (χ4n) is 6.87. The van der Waals surface area contributed by atoms with Crippen LogP contribution in [0.2, 0.25) is 0 Å². The number of hydrogen-bond acceptors (Lipinski definition) is 7. The van der Waals surface area contributed by atoms with Gasteiger partial charge in [0.05, 0.1) is 23.3 Å². The van der Waals surface area contributed by atoms with Crippen molar-refractivity contribution < 1.29 is 19.1 Å². The lowest BCUT2D eigenvalue weighted by Crippen LogP contribution is -2.46. The number of imidazole rings is 1.